The number of hydrogen-bond acceptors (Lipinski definition) is 6. The zero-order valence-corrected chi connectivity index (χ0v) is 19.6. The average molecular weight is 465 g/mol. The molecule has 0 unspecified atom stereocenters. The molecule has 0 spiro atoms. The summed E-state index contributed by atoms with van der Waals surface area (Å²) in [5.41, 5.74) is 8.60. The summed E-state index contributed by atoms with van der Waals surface area (Å²) < 4.78 is 6.98. The van der Waals surface area contributed by atoms with Gasteiger partial charge in [-0.25, -0.2) is 14.4 Å². The fourth-order valence-corrected chi connectivity index (χ4v) is 4.06. The highest BCUT2D eigenvalue weighted by atomic mass is 16.5. The van der Waals surface area contributed by atoms with Crippen LogP contribution in [0.3, 0.4) is 0 Å². The summed E-state index contributed by atoms with van der Waals surface area (Å²) in [6.07, 6.45) is 3.25. The molecular weight excluding hydrogens is 436 g/mol. The lowest BCUT2D eigenvalue weighted by atomic mass is 10.1. The van der Waals surface area contributed by atoms with Crippen molar-refractivity contribution in [1.82, 2.24) is 20.0 Å². The minimum absolute atomic E-state index is 0.112. The first-order valence-corrected chi connectivity index (χ1v) is 10.9. The summed E-state index contributed by atoms with van der Waals surface area (Å²) in [5.74, 6) is 1.06. The lowest BCUT2D eigenvalue weighted by molar-refractivity contribution is -0.117. The maximum Gasteiger partial charge on any atom is 0.414 e. The number of primary amides is 1. The molecule has 0 saturated heterocycles. The van der Waals surface area contributed by atoms with E-state index < -0.39 is 17.5 Å². The molecule has 2 heterocycles. The van der Waals surface area contributed by atoms with E-state index >= 15 is 0 Å². The monoisotopic (exact) mass is 464 g/mol. The Morgan fingerprint density at radius 2 is 1.97 bits per heavy atom. The van der Waals surface area contributed by atoms with Gasteiger partial charge in [-0.3, -0.25) is 4.79 Å². The Kier molecular flexibility index (Phi) is 5.90. The van der Waals surface area contributed by atoms with Crippen LogP contribution in [0.4, 0.5) is 10.6 Å². The standard InChI is InChI=1S/C24H28N6O4/c1-24(2,3)30(23(32)33)22-26-17-10-7-15(12-19(25)31)11-18-20(17)21(27-22)29(28-18)13-14-5-8-16(34-4)9-6-14/h5-6,8-11H,7,12-13H2,1-4H3,(H2,25,31)(H,26,27)(H,32,33). The van der Waals surface area contributed by atoms with Crippen molar-refractivity contribution in [3.05, 3.63) is 52.7 Å². The number of amides is 2. The lowest BCUT2D eigenvalue weighted by Crippen LogP contribution is -2.54. The number of carboxylic acid groups (broad SMARTS) is 1. The van der Waals surface area contributed by atoms with Gasteiger partial charge >= 0.3 is 6.09 Å². The summed E-state index contributed by atoms with van der Waals surface area (Å²) in [4.78, 5) is 29.6. The third-order valence-electron chi connectivity index (χ3n) is 5.56. The molecule has 1 aromatic carbocycles. The molecule has 34 heavy (non-hydrogen) atoms. The Labute approximate surface area is 197 Å². The van der Waals surface area contributed by atoms with Crippen molar-refractivity contribution >= 4 is 35.6 Å². The molecule has 2 amide bonds. The molecule has 0 bridgehead atoms. The van der Waals surface area contributed by atoms with Crippen molar-refractivity contribution in [2.75, 3.05) is 7.11 Å². The Balaban J connectivity index is 1.84. The van der Waals surface area contributed by atoms with Crippen molar-refractivity contribution < 1.29 is 19.4 Å². The van der Waals surface area contributed by atoms with Crippen LogP contribution in [0.1, 0.15) is 50.4 Å². The topological polar surface area (TPSA) is 135 Å². The number of rotatable bonds is 5. The van der Waals surface area contributed by atoms with Crippen molar-refractivity contribution in [3.63, 3.8) is 0 Å². The molecule has 0 saturated carbocycles. The van der Waals surface area contributed by atoms with Crippen LogP contribution in [0.5, 0.6) is 5.75 Å². The van der Waals surface area contributed by atoms with E-state index in [9.17, 15) is 14.7 Å². The van der Waals surface area contributed by atoms with Crippen molar-refractivity contribution in [3.8, 4) is 5.75 Å². The van der Waals surface area contributed by atoms with Gasteiger partial charge in [0, 0.05) is 12.0 Å². The SMILES string of the molecule is COc1ccc(Cn2nc3c4c2N=C(N(C(=O)O)C(C)(C)C)NC4=CCC(CC(N)=O)=C3)cc1. The van der Waals surface area contributed by atoms with Gasteiger partial charge in [-0.15, -0.1) is 0 Å². The largest absolute Gasteiger partial charge is 0.497 e. The number of nitrogens with two attached hydrogens (primary N) is 1. The van der Waals surface area contributed by atoms with Crippen LogP contribution in [0, 0.1) is 0 Å². The van der Waals surface area contributed by atoms with Crippen LogP contribution in [-0.4, -0.2) is 50.4 Å². The van der Waals surface area contributed by atoms with Gasteiger partial charge in [0.25, 0.3) is 0 Å². The van der Waals surface area contributed by atoms with Crippen molar-refractivity contribution in [1.29, 1.82) is 0 Å². The summed E-state index contributed by atoms with van der Waals surface area (Å²) >= 11 is 0. The van der Waals surface area contributed by atoms with Gasteiger partial charge in [0.2, 0.25) is 11.9 Å². The molecule has 178 valence electrons. The van der Waals surface area contributed by atoms with E-state index in [1.54, 1.807) is 32.6 Å². The fourth-order valence-electron chi connectivity index (χ4n) is 4.06. The molecule has 10 heteroatoms. The molecule has 0 fully saturated rings. The normalized spacial score (nSPS) is 14.6. The van der Waals surface area contributed by atoms with Crippen LogP contribution in [-0.2, 0) is 11.3 Å². The van der Waals surface area contributed by atoms with Gasteiger partial charge in [0.1, 0.15) is 5.75 Å². The Bertz CT molecular complexity index is 1230. The maximum atomic E-state index is 12.1. The highest BCUT2D eigenvalue weighted by Gasteiger charge is 2.36. The first-order chi connectivity index (χ1) is 16.1. The predicted molar refractivity (Wildman–Crippen MR) is 129 cm³/mol. The Morgan fingerprint density at radius 3 is 2.56 bits per heavy atom. The quantitative estimate of drug-likeness (QED) is 0.621. The zero-order chi connectivity index (χ0) is 24.6. The smallest absolute Gasteiger partial charge is 0.414 e. The third kappa shape index (κ3) is 4.52. The van der Waals surface area contributed by atoms with Crippen LogP contribution in [0.25, 0.3) is 11.8 Å². The van der Waals surface area contributed by atoms with Gasteiger partial charge in [0.05, 0.1) is 30.6 Å². The molecular formula is C24H28N6O4. The third-order valence-corrected chi connectivity index (χ3v) is 5.56. The fraction of sp³-hybridized carbons (Fsp3) is 0.333. The average Bonchev–Trinajstić information content (AvgIpc) is 2.97. The predicted octanol–water partition coefficient (Wildman–Crippen LogP) is 3.31. The highest BCUT2D eigenvalue weighted by molar-refractivity contribution is 6.04. The van der Waals surface area contributed by atoms with E-state index in [1.807, 2.05) is 36.4 Å². The summed E-state index contributed by atoms with van der Waals surface area (Å²) in [6.45, 7) is 5.82. The second-order valence-corrected chi connectivity index (χ2v) is 9.21. The number of guanidine groups is 1. The number of aliphatic imine (C=N–C) groups is 1. The minimum Gasteiger partial charge on any atom is -0.497 e. The number of nitrogens with zero attached hydrogens (tertiary/aromatic N) is 4. The molecule has 2 aliphatic rings. The number of nitrogens with one attached hydrogen (secondary N) is 1. The van der Waals surface area contributed by atoms with Crippen LogP contribution in [0.15, 0.2) is 40.9 Å². The van der Waals surface area contributed by atoms with Crippen molar-refractivity contribution in [2.45, 2.75) is 45.7 Å². The summed E-state index contributed by atoms with van der Waals surface area (Å²) in [5, 5.41) is 17.9. The van der Waals surface area contributed by atoms with Gasteiger partial charge in [-0.2, -0.15) is 10.1 Å². The number of aromatic nitrogens is 2. The van der Waals surface area contributed by atoms with Gasteiger partial charge in [-0.05, 0) is 51.0 Å². The Hall–Kier alpha value is -4.08. The van der Waals surface area contributed by atoms with E-state index in [2.05, 4.69) is 5.32 Å². The van der Waals surface area contributed by atoms with E-state index in [0.29, 0.717) is 30.2 Å². The second kappa shape index (κ2) is 8.69. The molecule has 2 aromatic rings. The molecule has 1 aliphatic heterocycles. The zero-order valence-electron chi connectivity index (χ0n) is 19.6. The highest BCUT2D eigenvalue weighted by Crippen LogP contribution is 2.38. The van der Waals surface area contributed by atoms with Gasteiger partial charge < -0.3 is 20.9 Å². The molecule has 0 atom stereocenters. The van der Waals surface area contributed by atoms with Gasteiger partial charge in [-0.1, -0.05) is 23.8 Å². The molecule has 1 aromatic heterocycles. The number of hydrogen-bond donors (Lipinski definition) is 3. The molecule has 4 rings (SSSR count). The summed E-state index contributed by atoms with van der Waals surface area (Å²) in [7, 11) is 1.61. The van der Waals surface area contributed by atoms with Crippen LogP contribution in [0.2, 0.25) is 0 Å². The number of carbonyl (C=O) groups excluding carboxylic acids is 1. The summed E-state index contributed by atoms with van der Waals surface area (Å²) in [6, 6.07) is 7.61. The first kappa shape index (κ1) is 23.1. The first-order valence-electron chi connectivity index (χ1n) is 10.9. The van der Waals surface area contributed by atoms with Gasteiger partial charge in [0.15, 0.2) is 5.82 Å². The molecule has 10 nitrogen and oxygen atoms in total. The number of benzene rings is 1. The van der Waals surface area contributed by atoms with Crippen LogP contribution < -0.4 is 15.8 Å². The number of carbonyl (C=O) groups is 2. The maximum absolute atomic E-state index is 12.1. The number of ether oxygens (including phenoxy) is 1. The minimum atomic E-state index is -1.12. The van der Waals surface area contributed by atoms with E-state index in [1.165, 1.54) is 4.90 Å². The van der Waals surface area contributed by atoms with E-state index in [4.69, 9.17) is 20.6 Å². The molecule has 1 aliphatic carbocycles. The second-order valence-electron chi connectivity index (χ2n) is 9.21. The number of methoxy groups -OCH3 is 1. The van der Waals surface area contributed by atoms with E-state index in [-0.39, 0.29) is 12.4 Å². The number of allylic oxidation sites excluding steroid dienone is 1. The van der Waals surface area contributed by atoms with E-state index in [0.717, 1.165) is 22.4 Å². The molecule has 4 N–H and O–H groups in total. The lowest BCUT2D eigenvalue weighted by Gasteiger charge is -2.35. The Morgan fingerprint density at radius 1 is 1.26 bits per heavy atom. The van der Waals surface area contributed by atoms with Crippen LogP contribution >= 0.6 is 0 Å². The van der Waals surface area contributed by atoms with Crippen molar-refractivity contribution in [2.24, 2.45) is 10.7 Å². The molecule has 0 radical (unpaired) electrons.